The summed E-state index contributed by atoms with van der Waals surface area (Å²) in [5.74, 6) is -2.38. The van der Waals surface area contributed by atoms with Gasteiger partial charge in [-0.25, -0.2) is 4.57 Å². The third-order valence-corrected chi connectivity index (χ3v) is 11.2. The lowest BCUT2D eigenvalue weighted by atomic mass is 10.0. The van der Waals surface area contributed by atoms with Crippen LogP contribution < -0.4 is 5.73 Å². The number of hydrogen-bond donors (Lipinski definition) is 3. The summed E-state index contributed by atoms with van der Waals surface area (Å²) in [5.41, 5.74) is 5.34. The molecule has 0 spiro atoms. The Balaban J connectivity index is 4.31. The number of carbonyl (C=O) groups is 3. The van der Waals surface area contributed by atoms with Gasteiger partial charge in [-0.1, -0.05) is 186 Å². The highest BCUT2D eigenvalue weighted by molar-refractivity contribution is 7.47. The summed E-state index contributed by atoms with van der Waals surface area (Å²) in [6.45, 7) is 2.81. The highest BCUT2D eigenvalue weighted by atomic mass is 31.2. The molecule has 0 heterocycles. The van der Waals surface area contributed by atoms with Crippen LogP contribution in [-0.2, 0) is 37.5 Å². The van der Waals surface area contributed by atoms with Crippen molar-refractivity contribution in [3.63, 3.8) is 0 Å². The molecule has 58 heavy (non-hydrogen) atoms. The van der Waals surface area contributed by atoms with E-state index in [1.165, 1.54) is 122 Å². The molecular formula is C46H86NO10P. The van der Waals surface area contributed by atoms with Gasteiger partial charge in [-0.15, -0.1) is 0 Å². The largest absolute Gasteiger partial charge is 0.480 e. The number of phosphoric ester groups is 1. The van der Waals surface area contributed by atoms with Crippen molar-refractivity contribution >= 4 is 25.7 Å². The lowest BCUT2D eigenvalue weighted by Gasteiger charge is -2.20. The van der Waals surface area contributed by atoms with Crippen LogP contribution in [0.15, 0.2) is 24.3 Å². The summed E-state index contributed by atoms with van der Waals surface area (Å²) in [5, 5.41) is 8.90. The van der Waals surface area contributed by atoms with Crippen molar-refractivity contribution in [2.24, 2.45) is 5.73 Å². The molecular weight excluding hydrogens is 757 g/mol. The molecule has 0 rings (SSSR count). The predicted octanol–water partition coefficient (Wildman–Crippen LogP) is 12.6. The van der Waals surface area contributed by atoms with Crippen LogP contribution >= 0.6 is 7.82 Å². The molecule has 0 saturated carbocycles. The number of phosphoric acid groups is 1. The summed E-state index contributed by atoms with van der Waals surface area (Å²) in [6.07, 6.45) is 43.7. The maximum absolute atomic E-state index is 12.6. The zero-order chi connectivity index (χ0) is 42.8. The number of ether oxygens (including phenoxy) is 2. The van der Waals surface area contributed by atoms with Crippen molar-refractivity contribution in [2.75, 3.05) is 19.8 Å². The van der Waals surface area contributed by atoms with Gasteiger partial charge in [0.05, 0.1) is 13.2 Å². The summed E-state index contributed by atoms with van der Waals surface area (Å²) < 4.78 is 32.8. The molecule has 0 aromatic carbocycles. The van der Waals surface area contributed by atoms with Crippen LogP contribution in [0.5, 0.6) is 0 Å². The van der Waals surface area contributed by atoms with Crippen molar-refractivity contribution < 1.29 is 47.5 Å². The molecule has 0 aromatic heterocycles. The van der Waals surface area contributed by atoms with Gasteiger partial charge < -0.3 is 25.2 Å². The highest BCUT2D eigenvalue weighted by Crippen LogP contribution is 2.43. The van der Waals surface area contributed by atoms with Gasteiger partial charge in [-0.2, -0.15) is 0 Å². The zero-order valence-electron chi connectivity index (χ0n) is 36.9. The van der Waals surface area contributed by atoms with E-state index in [2.05, 4.69) is 42.7 Å². The molecule has 0 aliphatic carbocycles. The lowest BCUT2D eigenvalue weighted by molar-refractivity contribution is -0.161. The second-order valence-corrected chi connectivity index (χ2v) is 17.3. The van der Waals surface area contributed by atoms with E-state index in [-0.39, 0.29) is 19.4 Å². The van der Waals surface area contributed by atoms with E-state index in [1.807, 2.05) is 0 Å². The molecule has 0 saturated heterocycles. The average molecular weight is 844 g/mol. The smallest absolute Gasteiger partial charge is 0.472 e. The van der Waals surface area contributed by atoms with Crippen molar-refractivity contribution in [3.05, 3.63) is 24.3 Å². The normalized spacial score (nSPS) is 13.9. The average Bonchev–Trinajstić information content (AvgIpc) is 3.20. The van der Waals surface area contributed by atoms with E-state index in [1.54, 1.807) is 0 Å². The molecule has 4 N–H and O–H groups in total. The van der Waals surface area contributed by atoms with Crippen LogP contribution in [-0.4, -0.2) is 59.9 Å². The maximum Gasteiger partial charge on any atom is 0.472 e. The summed E-state index contributed by atoms with van der Waals surface area (Å²) >= 11 is 0. The number of aliphatic carboxylic acids is 1. The minimum atomic E-state index is -4.72. The van der Waals surface area contributed by atoms with E-state index in [0.29, 0.717) is 12.8 Å². The molecule has 3 atom stereocenters. The van der Waals surface area contributed by atoms with Crippen molar-refractivity contribution in [3.8, 4) is 0 Å². The Morgan fingerprint density at radius 2 is 0.914 bits per heavy atom. The number of rotatable bonds is 44. The van der Waals surface area contributed by atoms with Crippen LogP contribution in [0, 0.1) is 0 Å². The van der Waals surface area contributed by atoms with E-state index in [4.69, 9.17) is 24.8 Å². The van der Waals surface area contributed by atoms with Gasteiger partial charge in [-0.05, 0) is 44.9 Å². The monoisotopic (exact) mass is 844 g/mol. The third kappa shape index (κ3) is 40.7. The second-order valence-electron chi connectivity index (χ2n) is 15.9. The van der Waals surface area contributed by atoms with Gasteiger partial charge in [0, 0.05) is 12.8 Å². The second kappa shape index (κ2) is 41.7. The molecule has 12 heteroatoms. The minimum Gasteiger partial charge on any atom is -0.480 e. The fourth-order valence-electron chi connectivity index (χ4n) is 6.51. The predicted molar refractivity (Wildman–Crippen MR) is 236 cm³/mol. The Labute approximate surface area is 353 Å². The quantitative estimate of drug-likeness (QED) is 0.0231. The van der Waals surface area contributed by atoms with Gasteiger partial charge >= 0.3 is 25.7 Å². The number of nitrogens with two attached hydrogens (primary N) is 1. The molecule has 0 radical (unpaired) electrons. The van der Waals surface area contributed by atoms with Crippen molar-refractivity contribution in [2.45, 2.75) is 231 Å². The number of carboxylic acid groups (broad SMARTS) is 1. The van der Waals surface area contributed by atoms with Gasteiger partial charge in [0.25, 0.3) is 0 Å². The van der Waals surface area contributed by atoms with Crippen LogP contribution in [0.25, 0.3) is 0 Å². The maximum atomic E-state index is 12.6. The minimum absolute atomic E-state index is 0.155. The van der Waals surface area contributed by atoms with Gasteiger partial charge in [0.1, 0.15) is 12.6 Å². The Morgan fingerprint density at radius 1 is 0.534 bits per heavy atom. The first-order chi connectivity index (χ1) is 28.1. The topological polar surface area (TPSA) is 172 Å². The van der Waals surface area contributed by atoms with E-state index in [9.17, 15) is 23.8 Å². The fraction of sp³-hybridized carbons (Fsp3) is 0.848. The first-order valence-electron chi connectivity index (χ1n) is 23.4. The molecule has 0 aromatic rings. The number of unbranched alkanes of at least 4 members (excludes halogenated alkanes) is 26. The first kappa shape index (κ1) is 56.0. The highest BCUT2D eigenvalue weighted by Gasteiger charge is 2.28. The first-order valence-corrected chi connectivity index (χ1v) is 24.9. The molecule has 340 valence electrons. The Kier molecular flexibility index (Phi) is 40.2. The molecule has 0 aliphatic rings. The van der Waals surface area contributed by atoms with Gasteiger partial charge in [0.2, 0.25) is 0 Å². The standard InChI is InChI=1S/C46H86NO10P/c1-3-5-7-9-11-13-15-17-19-21-22-24-26-28-30-32-34-36-38-45(49)57-42(40-55-58(52,53)56-41-43(47)46(50)51)39-54-44(48)37-35-33-31-29-27-25-23-20-18-16-14-12-10-8-6-4-2/h13,15,19,21,42-43H,3-12,14,16-18,20,22-41,47H2,1-2H3,(H,50,51)(H,52,53)/b15-13-,21-19-. The fourth-order valence-corrected chi connectivity index (χ4v) is 7.29. The summed E-state index contributed by atoms with van der Waals surface area (Å²) in [6, 6.07) is -1.52. The van der Waals surface area contributed by atoms with Gasteiger partial charge in [-0.3, -0.25) is 23.4 Å². The van der Waals surface area contributed by atoms with Gasteiger partial charge in [0.15, 0.2) is 6.10 Å². The SMILES string of the molecule is CCCCCC/C=C\C/C=C\CCCCCCCCCC(=O)OC(COC(=O)CCCCCCCCCCCCCCCCCC)COP(=O)(O)OCC(N)C(=O)O. The van der Waals surface area contributed by atoms with Crippen LogP contribution in [0.2, 0.25) is 0 Å². The Morgan fingerprint density at radius 3 is 1.36 bits per heavy atom. The van der Waals surface area contributed by atoms with E-state index < -0.39 is 51.1 Å². The Hall–Kier alpha value is -2.04. The molecule has 0 amide bonds. The summed E-state index contributed by atoms with van der Waals surface area (Å²) in [4.78, 5) is 46.0. The molecule has 0 aliphatic heterocycles. The Bertz CT molecular complexity index is 1080. The lowest BCUT2D eigenvalue weighted by Crippen LogP contribution is -2.34. The van der Waals surface area contributed by atoms with Crippen LogP contribution in [0.4, 0.5) is 0 Å². The molecule has 0 bridgehead atoms. The van der Waals surface area contributed by atoms with E-state index >= 15 is 0 Å². The number of allylic oxidation sites excluding steroid dienone is 4. The zero-order valence-corrected chi connectivity index (χ0v) is 37.8. The van der Waals surface area contributed by atoms with E-state index in [0.717, 1.165) is 57.8 Å². The number of carboxylic acids is 1. The molecule has 11 nitrogen and oxygen atoms in total. The third-order valence-electron chi connectivity index (χ3n) is 10.2. The van der Waals surface area contributed by atoms with Crippen molar-refractivity contribution in [1.82, 2.24) is 0 Å². The van der Waals surface area contributed by atoms with Crippen LogP contribution in [0.1, 0.15) is 219 Å². The van der Waals surface area contributed by atoms with Crippen LogP contribution in [0.3, 0.4) is 0 Å². The number of carbonyl (C=O) groups excluding carboxylic acids is 2. The summed E-state index contributed by atoms with van der Waals surface area (Å²) in [7, 11) is -4.72. The number of esters is 2. The van der Waals surface area contributed by atoms with Crippen molar-refractivity contribution in [1.29, 1.82) is 0 Å². The molecule has 0 fully saturated rings. The molecule has 3 unspecified atom stereocenters. The number of hydrogen-bond acceptors (Lipinski definition) is 9.